The van der Waals surface area contributed by atoms with E-state index < -0.39 is 0 Å². The van der Waals surface area contributed by atoms with Crippen molar-refractivity contribution in [2.45, 2.75) is 40.2 Å². The van der Waals surface area contributed by atoms with E-state index in [1.54, 1.807) is 0 Å². The maximum atomic E-state index is 5.76. The number of nitrogens with zero attached hydrogens (tertiary/aromatic N) is 2. The third-order valence-corrected chi connectivity index (χ3v) is 1.85. The van der Waals surface area contributed by atoms with Crippen molar-refractivity contribution in [3.8, 4) is 5.88 Å². The molecule has 0 bridgehead atoms. The molecule has 0 saturated heterocycles. The standard InChI is InChI=1S/C11H19N3O/c1-7-9(12-6)13-8(2)14-10(7)15-11(3,4)5/h1-6H3,(H,12,13,14). The molecule has 0 saturated carbocycles. The summed E-state index contributed by atoms with van der Waals surface area (Å²) in [7, 11) is 1.84. The van der Waals surface area contributed by atoms with Crippen LogP contribution in [0.2, 0.25) is 0 Å². The van der Waals surface area contributed by atoms with Crippen molar-refractivity contribution < 1.29 is 4.74 Å². The molecule has 0 aliphatic carbocycles. The van der Waals surface area contributed by atoms with Crippen molar-refractivity contribution in [2.75, 3.05) is 12.4 Å². The first-order valence-electron chi connectivity index (χ1n) is 5.05. The van der Waals surface area contributed by atoms with Gasteiger partial charge in [-0.25, -0.2) is 4.98 Å². The van der Waals surface area contributed by atoms with Crippen LogP contribution in [0, 0.1) is 13.8 Å². The number of aromatic nitrogens is 2. The molecule has 1 rings (SSSR count). The van der Waals surface area contributed by atoms with Gasteiger partial charge in [-0.1, -0.05) is 0 Å². The molecule has 4 heteroatoms. The SMILES string of the molecule is CNc1nc(C)nc(OC(C)(C)C)c1C. The zero-order chi connectivity index (χ0) is 11.6. The molecule has 0 spiro atoms. The van der Waals surface area contributed by atoms with Crippen LogP contribution in [0.4, 0.5) is 5.82 Å². The molecule has 4 nitrogen and oxygen atoms in total. The topological polar surface area (TPSA) is 47.0 Å². The Balaban J connectivity index is 3.12. The Hall–Kier alpha value is -1.32. The number of hydrogen-bond acceptors (Lipinski definition) is 4. The van der Waals surface area contributed by atoms with Crippen LogP contribution in [-0.2, 0) is 0 Å². The summed E-state index contributed by atoms with van der Waals surface area (Å²) < 4.78 is 5.76. The molecule has 1 aromatic heterocycles. The molecule has 1 heterocycles. The van der Waals surface area contributed by atoms with Crippen LogP contribution < -0.4 is 10.1 Å². The predicted molar refractivity (Wildman–Crippen MR) is 61.4 cm³/mol. The highest BCUT2D eigenvalue weighted by atomic mass is 16.5. The minimum atomic E-state index is -0.240. The van der Waals surface area contributed by atoms with E-state index >= 15 is 0 Å². The first kappa shape index (κ1) is 11.8. The van der Waals surface area contributed by atoms with Gasteiger partial charge >= 0.3 is 0 Å². The number of aryl methyl sites for hydroxylation is 1. The van der Waals surface area contributed by atoms with Gasteiger partial charge in [0.1, 0.15) is 17.2 Å². The molecular formula is C11H19N3O. The lowest BCUT2D eigenvalue weighted by Crippen LogP contribution is -2.24. The van der Waals surface area contributed by atoms with Crippen LogP contribution >= 0.6 is 0 Å². The van der Waals surface area contributed by atoms with Gasteiger partial charge < -0.3 is 10.1 Å². The van der Waals surface area contributed by atoms with Crippen molar-refractivity contribution in [1.29, 1.82) is 0 Å². The van der Waals surface area contributed by atoms with E-state index in [1.165, 1.54) is 0 Å². The van der Waals surface area contributed by atoms with E-state index in [-0.39, 0.29) is 5.60 Å². The van der Waals surface area contributed by atoms with Gasteiger partial charge in [0.25, 0.3) is 0 Å². The fraction of sp³-hybridized carbons (Fsp3) is 0.636. The molecule has 1 aromatic rings. The Bertz CT molecular complexity index is 356. The van der Waals surface area contributed by atoms with Crippen LogP contribution in [0.15, 0.2) is 0 Å². The Morgan fingerprint density at radius 2 is 1.73 bits per heavy atom. The van der Waals surface area contributed by atoms with Crippen molar-refractivity contribution >= 4 is 5.82 Å². The Morgan fingerprint density at radius 1 is 1.13 bits per heavy atom. The molecule has 0 unspecified atom stereocenters. The highest BCUT2D eigenvalue weighted by Crippen LogP contribution is 2.24. The molecule has 84 valence electrons. The lowest BCUT2D eigenvalue weighted by atomic mass is 10.2. The monoisotopic (exact) mass is 209 g/mol. The smallest absolute Gasteiger partial charge is 0.222 e. The van der Waals surface area contributed by atoms with Gasteiger partial charge in [0, 0.05) is 7.05 Å². The zero-order valence-electron chi connectivity index (χ0n) is 10.3. The molecule has 15 heavy (non-hydrogen) atoms. The summed E-state index contributed by atoms with van der Waals surface area (Å²) in [6.45, 7) is 9.82. The van der Waals surface area contributed by atoms with Crippen molar-refractivity contribution in [3.63, 3.8) is 0 Å². The maximum absolute atomic E-state index is 5.76. The van der Waals surface area contributed by atoms with Crippen LogP contribution in [-0.4, -0.2) is 22.6 Å². The first-order chi connectivity index (χ1) is 6.83. The number of anilines is 1. The summed E-state index contributed by atoms with van der Waals surface area (Å²) >= 11 is 0. The summed E-state index contributed by atoms with van der Waals surface area (Å²) in [4.78, 5) is 8.57. The Kier molecular flexibility index (Phi) is 3.17. The summed E-state index contributed by atoms with van der Waals surface area (Å²) in [6.07, 6.45) is 0. The van der Waals surface area contributed by atoms with Crippen LogP contribution in [0.25, 0.3) is 0 Å². The minimum absolute atomic E-state index is 0.240. The van der Waals surface area contributed by atoms with Crippen LogP contribution in [0.5, 0.6) is 5.88 Å². The van der Waals surface area contributed by atoms with Crippen molar-refractivity contribution in [3.05, 3.63) is 11.4 Å². The maximum Gasteiger partial charge on any atom is 0.222 e. The fourth-order valence-corrected chi connectivity index (χ4v) is 1.24. The first-order valence-corrected chi connectivity index (χ1v) is 5.05. The number of ether oxygens (including phenoxy) is 1. The van der Waals surface area contributed by atoms with Gasteiger partial charge in [-0.15, -0.1) is 0 Å². The lowest BCUT2D eigenvalue weighted by Gasteiger charge is -2.22. The average Bonchev–Trinajstić information content (AvgIpc) is 2.08. The molecule has 0 radical (unpaired) electrons. The second-order valence-electron chi connectivity index (χ2n) is 4.51. The molecular weight excluding hydrogens is 190 g/mol. The van der Waals surface area contributed by atoms with E-state index in [0.29, 0.717) is 11.7 Å². The molecule has 0 aromatic carbocycles. The summed E-state index contributed by atoms with van der Waals surface area (Å²) in [5.41, 5.74) is 0.703. The highest BCUT2D eigenvalue weighted by Gasteiger charge is 2.17. The van der Waals surface area contributed by atoms with Gasteiger partial charge in [-0.3, -0.25) is 0 Å². The van der Waals surface area contributed by atoms with Crippen molar-refractivity contribution in [1.82, 2.24) is 9.97 Å². The molecule has 0 aliphatic heterocycles. The summed E-state index contributed by atoms with van der Waals surface area (Å²) in [5.74, 6) is 2.19. The molecule has 0 fully saturated rings. The van der Waals surface area contributed by atoms with Crippen LogP contribution in [0.3, 0.4) is 0 Å². The third kappa shape index (κ3) is 3.08. The molecule has 0 atom stereocenters. The third-order valence-electron chi connectivity index (χ3n) is 1.85. The number of rotatable bonds is 2. The van der Waals surface area contributed by atoms with Crippen LogP contribution in [0.1, 0.15) is 32.2 Å². The molecule has 1 N–H and O–H groups in total. The van der Waals surface area contributed by atoms with Gasteiger partial charge in [0.15, 0.2) is 0 Å². The van der Waals surface area contributed by atoms with E-state index in [4.69, 9.17) is 4.74 Å². The largest absolute Gasteiger partial charge is 0.472 e. The van der Waals surface area contributed by atoms with Gasteiger partial charge in [0.2, 0.25) is 5.88 Å². The van der Waals surface area contributed by atoms with E-state index in [9.17, 15) is 0 Å². The Labute approximate surface area is 91.1 Å². The van der Waals surface area contributed by atoms with Gasteiger partial charge in [0.05, 0.1) is 5.56 Å². The van der Waals surface area contributed by atoms with E-state index in [1.807, 2.05) is 41.7 Å². The zero-order valence-corrected chi connectivity index (χ0v) is 10.3. The lowest BCUT2D eigenvalue weighted by molar-refractivity contribution is 0.122. The number of nitrogens with one attached hydrogen (secondary N) is 1. The molecule has 0 aliphatic rings. The average molecular weight is 209 g/mol. The highest BCUT2D eigenvalue weighted by molar-refractivity contribution is 5.48. The van der Waals surface area contributed by atoms with E-state index in [2.05, 4.69) is 15.3 Å². The fourth-order valence-electron chi connectivity index (χ4n) is 1.24. The second-order valence-corrected chi connectivity index (χ2v) is 4.51. The van der Waals surface area contributed by atoms with E-state index in [0.717, 1.165) is 11.4 Å². The minimum Gasteiger partial charge on any atom is -0.472 e. The quantitative estimate of drug-likeness (QED) is 0.812. The summed E-state index contributed by atoms with van der Waals surface area (Å²) in [6, 6.07) is 0. The van der Waals surface area contributed by atoms with Crippen molar-refractivity contribution in [2.24, 2.45) is 0 Å². The predicted octanol–water partition coefficient (Wildman–Crippen LogP) is 2.31. The summed E-state index contributed by atoms with van der Waals surface area (Å²) in [5, 5.41) is 3.03. The molecule has 0 amide bonds. The normalized spacial score (nSPS) is 11.3. The second kappa shape index (κ2) is 4.04. The number of hydrogen-bond donors (Lipinski definition) is 1. The van der Waals surface area contributed by atoms with Gasteiger partial charge in [-0.2, -0.15) is 4.98 Å². The Morgan fingerprint density at radius 3 is 2.20 bits per heavy atom. The van der Waals surface area contributed by atoms with Gasteiger partial charge in [-0.05, 0) is 34.6 Å².